The molecule has 0 radical (unpaired) electrons. The molecule has 3 heteroatoms. The van der Waals surface area contributed by atoms with E-state index in [1.54, 1.807) is 0 Å². The van der Waals surface area contributed by atoms with Crippen molar-refractivity contribution in [2.45, 2.75) is 52.1 Å². The zero-order valence-electron chi connectivity index (χ0n) is 11.6. The third kappa shape index (κ3) is 2.33. The van der Waals surface area contributed by atoms with Crippen LogP contribution in [0, 0.1) is 17.8 Å². The highest BCUT2D eigenvalue weighted by atomic mass is 15.1. The molecule has 2 fully saturated rings. The summed E-state index contributed by atoms with van der Waals surface area (Å²) < 4.78 is 2.26. The molecule has 3 unspecified atom stereocenters. The first-order valence-electron chi connectivity index (χ1n) is 7.45. The molecule has 3 atom stereocenters. The molecule has 1 N–H and O–H groups in total. The van der Waals surface area contributed by atoms with Gasteiger partial charge in [0.25, 0.3) is 0 Å². The Balaban J connectivity index is 1.48. The van der Waals surface area contributed by atoms with Gasteiger partial charge in [0.2, 0.25) is 0 Å². The van der Waals surface area contributed by atoms with E-state index in [1.807, 2.05) is 12.5 Å². The quantitative estimate of drug-likeness (QED) is 0.867. The van der Waals surface area contributed by atoms with Crippen LogP contribution in [0.3, 0.4) is 0 Å². The maximum atomic E-state index is 4.25. The fraction of sp³-hybridized carbons (Fsp3) is 0.800. The van der Waals surface area contributed by atoms with Gasteiger partial charge in [0.1, 0.15) is 0 Å². The number of nitrogens with one attached hydrogen (secondary N) is 1. The summed E-state index contributed by atoms with van der Waals surface area (Å²) >= 11 is 0. The SMILES string of the molecule is CC(C)n1cncc1CNCC1CC2CCC1C2. The molecule has 1 aromatic rings. The van der Waals surface area contributed by atoms with E-state index < -0.39 is 0 Å². The first-order valence-corrected chi connectivity index (χ1v) is 7.45. The molecule has 2 aliphatic rings. The minimum Gasteiger partial charge on any atom is -0.331 e. The molecule has 0 amide bonds. The van der Waals surface area contributed by atoms with Crippen LogP contribution in [0.15, 0.2) is 12.5 Å². The van der Waals surface area contributed by atoms with Crippen molar-refractivity contribution in [3.05, 3.63) is 18.2 Å². The third-order valence-corrected chi connectivity index (χ3v) is 4.90. The van der Waals surface area contributed by atoms with E-state index in [9.17, 15) is 0 Å². The monoisotopic (exact) mass is 247 g/mol. The van der Waals surface area contributed by atoms with Gasteiger partial charge in [-0.05, 0) is 57.4 Å². The number of rotatable bonds is 5. The van der Waals surface area contributed by atoms with Gasteiger partial charge in [0.05, 0.1) is 12.0 Å². The smallest absolute Gasteiger partial charge is 0.0951 e. The van der Waals surface area contributed by atoms with Crippen LogP contribution in [-0.4, -0.2) is 16.1 Å². The summed E-state index contributed by atoms with van der Waals surface area (Å²) in [6, 6.07) is 0.506. The van der Waals surface area contributed by atoms with Crippen LogP contribution in [0.25, 0.3) is 0 Å². The van der Waals surface area contributed by atoms with Gasteiger partial charge in [0.15, 0.2) is 0 Å². The van der Waals surface area contributed by atoms with Gasteiger partial charge in [0, 0.05) is 18.8 Å². The first kappa shape index (κ1) is 12.2. The summed E-state index contributed by atoms with van der Waals surface area (Å²) in [5.41, 5.74) is 1.31. The van der Waals surface area contributed by atoms with Gasteiger partial charge >= 0.3 is 0 Å². The molecule has 0 aliphatic heterocycles. The van der Waals surface area contributed by atoms with Crippen molar-refractivity contribution in [2.24, 2.45) is 17.8 Å². The average Bonchev–Trinajstić information content (AvgIpc) is 3.03. The van der Waals surface area contributed by atoms with Crippen molar-refractivity contribution in [1.82, 2.24) is 14.9 Å². The molecular weight excluding hydrogens is 222 g/mol. The van der Waals surface area contributed by atoms with E-state index in [0.29, 0.717) is 6.04 Å². The number of hydrogen-bond donors (Lipinski definition) is 1. The van der Waals surface area contributed by atoms with Crippen molar-refractivity contribution in [3.8, 4) is 0 Å². The highest BCUT2D eigenvalue weighted by Crippen LogP contribution is 2.47. The van der Waals surface area contributed by atoms with Crippen molar-refractivity contribution in [1.29, 1.82) is 0 Å². The number of aromatic nitrogens is 2. The number of fused-ring (bicyclic) bond motifs is 2. The van der Waals surface area contributed by atoms with Gasteiger partial charge < -0.3 is 9.88 Å². The lowest BCUT2D eigenvalue weighted by atomic mass is 9.89. The molecule has 2 saturated carbocycles. The number of hydrogen-bond acceptors (Lipinski definition) is 2. The second kappa shape index (κ2) is 5.04. The molecule has 2 aliphatic carbocycles. The zero-order chi connectivity index (χ0) is 12.5. The number of imidazole rings is 1. The molecule has 3 nitrogen and oxygen atoms in total. The van der Waals surface area contributed by atoms with E-state index in [-0.39, 0.29) is 0 Å². The van der Waals surface area contributed by atoms with E-state index in [2.05, 4.69) is 28.7 Å². The highest BCUT2D eigenvalue weighted by Gasteiger charge is 2.38. The molecule has 18 heavy (non-hydrogen) atoms. The van der Waals surface area contributed by atoms with Gasteiger partial charge in [-0.15, -0.1) is 0 Å². The van der Waals surface area contributed by atoms with E-state index in [1.165, 1.54) is 37.9 Å². The van der Waals surface area contributed by atoms with Gasteiger partial charge in [-0.25, -0.2) is 4.98 Å². The summed E-state index contributed by atoms with van der Waals surface area (Å²) in [6.45, 7) is 6.58. The van der Waals surface area contributed by atoms with Crippen molar-refractivity contribution in [3.63, 3.8) is 0 Å². The van der Waals surface area contributed by atoms with Crippen LogP contribution in [0.5, 0.6) is 0 Å². The summed E-state index contributed by atoms with van der Waals surface area (Å²) in [5.74, 6) is 3.03. The van der Waals surface area contributed by atoms with E-state index >= 15 is 0 Å². The minimum atomic E-state index is 0.506. The second-order valence-corrected chi connectivity index (χ2v) is 6.45. The van der Waals surface area contributed by atoms with Crippen LogP contribution in [0.2, 0.25) is 0 Å². The van der Waals surface area contributed by atoms with E-state index in [4.69, 9.17) is 0 Å². The second-order valence-electron chi connectivity index (χ2n) is 6.45. The maximum absolute atomic E-state index is 4.25. The molecule has 0 saturated heterocycles. The van der Waals surface area contributed by atoms with Gasteiger partial charge in [-0.1, -0.05) is 6.42 Å². The van der Waals surface area contributed by atoms with Gasteiger partial charge in [-0.3, -0.25) is 0 Å². The predicted molar refractivity (Wildman–Crippen MR) is 73.3 cm³/mol. The Morgan fingerprint density at radius 3 is 2.94 bits per heavy atom. The molecule has 1 heterocycles. The molecule has 2 bridgehead atoms. The number of nitrogens with zero attached hydrogens (tertiary/aromatic N) is 2. The van der Waals surface area contributed by atoms with Crippen LogP contribution in [0.4, 0.5) is 0 Å². The topological polar surface area (TPSA) is 29.9 Å². The summed E-state index contributed by atoms with van der Waals surface area (Å²) in [5, 5.41) is 3.65. The largest absolute Gasteiger partial charge is 0.331 e. The fourth-order valence-electron chi connectivity index (χ4n) is 3.95. The lowest BCUT2D eigenvalue weighted by Gasteiger charge is -2.22. The normalized spacial score (nSPS) is 30.5. The molecule has 0 aromatic carbocycles. The molecule has 3 rings (SSSR count). The Morgan fingerprint density at radius 1 is 1.39 bits per heavy atom. The first-order chi connectivity index (χ1) is 8.74. The van der Waals surface area contributed by atoms with Crippen molar-refractivity contribution >= 4 is 0 Å². The van der Waals surface area contributed by atoms with Crippen molar-refractivity contribution < 1.29 is 0 Å². The van der Waals surface area contributed by atoms with Crippen molar-refractivity contribution in [2.75, 3.05) is 6.54 Å². The Bertz CT molecular complexity index is 396. The fourth-order valence-corrected chi connectivity index (χ4v) is 3.95. The molecule has 0 spiro atoms. The summed E-state index contributed by atoms with van der Waals surface area (Å²) in [6.07, 6.45) is 9.91. The minimum absolute atomic E-state index is 0.506. The Kier molecular flexibility index (Phi) is 3.42. The molecular formula is C15H25N3. The highest BCUT2D eigenvalue weighted by molar-refractivity contribution is 5.00. The van der Waals surface area contributed by atoms with Crippen LogP contribution in [0.1, 0.15) is 51.3 Å². The Labute approximate surface area is 110 Å². The van der Waals surface area contributed by atoms with Gasteiger partial charge in [-0.2, -0.15) is 0 Å². The Morgan fingerprint density at radius 2 is 2.28 bits per heavy atom. The van der Waals surface area contributed by atoms with Crippen LogP contribution in [-0.2, 0) is 6.54 Å². The standard InChI is InChI=1S/C15H25N3/c1-11(2)18-10-17-9-15(18)8-16-7-14-6-12-3-4-13(14)5-12/h9-14,16H,3-8H2,1-2H3. The predicted octanol–water partition coefficient (Wildman–Crippen LogP) is 2.99. The third-order valence-electron chi connectivity index (χ3n) is 4.90. The summed E-state index contributed by atoms with van der Waals surface area (Å²) in [7, 11) is 0. The molecule has 1 aromatic heterocycles. The molecule has 100 valence electrons. The van der Waals surface area contributed by atoms with Crippen LogP contribution < -0.4 is 5.32 Å². The summed E-state index contributed by atoms with van der Waals surface area (Å²) in [4.78, 5) is 4.25. The lowest BCUT2D eigenvalue weighted by molar-refractivity contribution is 0.317. The zero-order valence-corrected chi connectivity index (χ0v) is 11.6. The van der Waals surface area contributed by atoms with E-state index in [0.717, 1.165) is 24.3 Å². The average molecular weight is 247 g/mol. The Hall–Kier alpha value is -0.830. The maximum Gasteiger partial charge on any atom is 0.0951 e. The lowest BCUT2D eigenvalue weighted by Crippen LogP contribution is -2.27. The van der Waals surface area contributed by atoms with Crippen LogP contribution >= 0.6 is 0 Å².